The Bertz CT molecular complexity index is 218. The van der Waals surface area contributed by atoms with E-state index in [-0.39, 0.29) is 30.4 Å². The molecule has 0 aliphatic heterocycles. The molecule has 0 aromatic heterocycles. The van der Waals surface area contributed by atoms with Gasteiger partial charge in [-0.05, 0) is 6.42 Å². The smallest absolute Gasteiger partial charge is 0.195 e. The van der Waals surface area contributed by atoms with Gasteiger partial charge in [0.05, 0.1) is 6.04 Å². The van der Waals surface area contributed by atoms with Crippen LogP contribution >= 0.6 is 12.4 Å². The molecular formula is C7H16ClN5O. The lowest BCUT2D eigenvalue weighted by atomic mass is 10.2. The summed E-state index contributed by atoms with van der Waals surface area (Å²) in [5.74, 6) is -0.191. The Labute approximate surface area is 89.1 Å². The van der Waals surface area contributed by atoms with Crippen LogP contribution in [-0.2, 0) is 4.79 Å². The maximum absolute atomic E-state index is 10.2. The quantitative estimate of drug-likeness (QED) is 0.293. The number of aliphatic imine (C=N–C) groups is 1. The molecule has 6 N–H and O–H groups in total. The van der Waals surface area contributed by atoms with Crippen LogP contribution in [0.25, 0.3) is 0 Å². The minimum absolute atomic E-state index is 0. The van der Waals surface area contributed by atoms with Crippen molar-refractivity contribution < 1.29 is 4.79 Å². The fourth-order valence-corrected chi connectivity index (χ4v) is 0.789. The zero-order valence-electron chi connectivity index (χ0n) is 7.99. The van der Waals surface area contributed by atoms with Gasteiger partial charge in [-0.1, -0.05) is 6.92 Å². The molecule has 0 fully saturated rings. The summed E-state index contributed by atoms with van der Waals surface area (Å²) in [6.07, 6.45) is 1.84. The maximum atomic E-state index is 10.2. The first kappa shape index (κ1) is 15.2. The number of nitrogens with zero attached hydrogens (tertiary/aromatic N) is 1. The summed E-state index contributed by atoms with van der Waals surface area (Å²) in [5.41, 5.74) is 10.4. The van der Waals surface area contributed by atoms with E-state index in [1.165, 1.54) is 0 Å². The summed E-state index contributed by atoms with van der Waals surface area (Å²) in [4.78, 5) is 14.1. The van der Waals surface area contributed by atoms with Crippen LogP contribution < -0.4 is 16.8 Å². The molecule has 0 aromatic rings. The van der Waals surface area contributed by atoms with E-state index in [2.05, 4.69) is 10.3 Å². The number of carbonyl (C=O) groups excluding carboxylic acids is 1. The van der Waals surface area contributed by atoms with Crippen LogP contribution in [0.2, 0.25) is 0 Å². The molecule has 1 atom stereocenters. The van der Waals surface area contributed by atoms with Crippen molar-refractivity contribution in [1.82, 2.24) is 5.32 Å². The molecule has 14 heavy (non-hydrogen) atoms. The molecule has 0 amide bonds. The number of hydrogen-bond acceptors (Lipinski definition) is 3. The summed E-state index contributed by atoms with van der Waals surface area (Å²) >= 11 is 0. The van der Waals surface area contributed by atoms with Crippen LogP contribution in [-0.4, -0.2) is 24.2 Å². The fourth-order valence-electron chi connectivity index (χ4n) is 0.789. The number of carbonyl (C=O) groups is 1. The number of aldehydes is 1. The first-order valence-electron chi connectivity index (χ1n) is 3.98. The standard InChI is InChI=1S/C7H15N5O.ClH/c1-2-5(3-4-13)11-7(10)12-6(8)9;/h4-5H,2-3H2,1H3,(H6,8,9,10,11,12);1H. The zero-order valence-corrected chi connectivity index (χ0v) is 8.80. The molecular weight excluding hydrogens is 206 g/mol. The molecule has 0 heterocycles. The van der Waals surface area contributed by atoms with Gasteiger partial charge in [0.2, 0.25) is 0 Å². The highest BCUT2D eigenvalue weighted by Gasteiger charge is 2.03. The Morgan fingerprint density at radius 2 is 2.21 bits per heavy atom. The van der Waals surface area contributed by atoms with Crippen LogP contribution in [0.1, 0.15) is 19.8 Å². The van der Waals surface area contributed by atoms with E-state index in [0.717, 1.165) is 12.7 Å². The Balaban J connectivity index is 0. The van der Waals surface area contributed by atoms with Gasteiger partial charge in [-0.15, -0.1) is 12.4 Å². The Kier molecular flexibility index (Phi) is 9.01. The predicted octanol–water partition coefficient (Wildman–Crippen LogP) is -0.426. The van der Waals surface area contributed by atoms with Gasteiger partial charge in [0.1, 0.15) is 6.29 Å². The second kappa shape index (κ2) is 8.31. The minimum atomic E-state index is -0.262. The summed E-state index contributed by atoms with van der Waals surface area (Å²) in [6.45, 7) is 1.90. The first-order chi connectivity index (χ1) is 6.10. The van der Waals surface area contributed by atoms with Crippen LogP contribution in [0.5, 0.6) is 0 Å². The van der Waals surface area contributed by atoms with Crippen molar-refractivity contribution in [3.8, 4) is 0 Å². The molecule has 0 aromatic carbocycles. The largest absolute Gasteiger partial charge is 0.370 e. The topological polar surface area (TPSA) is 117 Å². The number of nitrogens with one attached hydrogen (secondary N) is 2. The maximum Gasteiger partial charge on any atom is 0.195 e. The molecule has 0 bridgehead atoms. The Morgan fingerprint density at radius 1 is 1.64 bits per heavy atom. The molecule has 0 aliphatic rings. The molecule has 7 heteroatoms. The van der Waals surface area contributed by atoms with E-state index < -0.39 is 0 Å². The van der Waals surface area contributed by atoms with Gasteiger partial charge in [0.15, 0.2) is 11.9 Å². The molecule has 0 aliphatic carbocycles. The van der Waals surface area contributed by atoms with E-state index >= 15 is 0 Å². The highest BCUT2D eigenvalue weighted by Crippen LogP contribution is 1.99. The Morgan fingerprint density at radius 3 is 2.57 bits per heavy atom. The average molecular weight is 222 g/mol. The Hall–Kier alpha value is -1.30. The van der Waals surface area contributed by atoms with E-state index in [0.29, 0.717) is 6.42 Å². The van der Waals surface area contributed by atoms with Gasteiger partial charge >= 0.3 is 0 Å². The van der Waals surface area contributed by atoms with Gasteiger partial charge in [0.25, 0.3) is 0 Å². The third-order valence-electron chi connectivity index (χ3n) is 1.42. The lowest BCUT2D eigenvalue weighted by Gasteiger charge is -2.08. The number of guanidine groups is 2. The molecule has 0 rings (SSSR count). The normalized spacial score (nSPS) is 12.5. The van der Waals surface area contributed by atoms with Crippen molar-refractivity contribution in [2.75, 3.05) is 0 Å². The minimum Gasteiger partial charge on any atom is -0.370 e. The highest BCUT2D eigenvalue weighted by molar-refractivity contribution is 5.95. The summed E-state index contributed by atoms with van der Waals surface area (Å²) < 4.78 is 0. The highest BCUT2D eigenvalue weighted by atomic mass is 35.5. The molecule has 0 radical (unpaired) electrons. The van der Waals surface area contributed by atoms with Crippen molar-refractivity contribution in [3.63, 3.8) is 0 Å². The summed E-state index contributed by atoms with van der Waals surface area (Å²) in [5, 5.41) is 9.20. The number of halogens is 1. The van der Waals surface area contributed by atoms with Crippen LogP contribution in [0, 0.1) is 5.41 Å². The molecule has 0 spiro atoms. The molecule has 82 valence electrons. The lowest BCUT2D eigenvalue weighted by molar-refractivity contribution is -0.108. The summed E-state index contributed by atoms with van der Waals surface area (Å²) in [7, 11) is 0. The SMILES string of the molecule is CCC(CC=O)N=C(N)NC(=N)N.Cl. The van der Waals surface area contributed by atoms with E-state index in [1.54, 1.807) is 0 Å². The van der Waals surface area contributed by atoms with Gasteiger partial charge < -0.3 is 16.3 Å². The van der Waals surface area contributed by atoms with Crippen LogP contribution in [0.15, 0.2) is 4.99 Å². The van der Waals surface area contributed by atoms with E-state index in [4.69, 9.17) is 16.9 Å². The predicted molar refractivity (Wildman–Crippen MR) is 58.7 cm³/mol. The number of nitrogens with two attached hydrogens (primary N) is 2. The van der Waals surface area contributed by atoms with Crippen molar-refractivity contribution in [3.05, 3.63) is 0 Å². The molecule has 0 saturated heterocycles. The van der Waals surface area contributed by atoms with Gasteiger partial charge in [-0.2, -0.15) is 0 Å². The van der Waals surface area contributed by atoms with Crippen molar-refractivity contribution in [2.45, 2.75) is 25.8 Å². The number of rotatable bonds is 4. The molecule has 6 nitrogen and oxygen atoms in total. The molecule has 0 saturated carbocycles. The van der Waals surface area contributed by atoms with Crippen LogP contribution in [0.4, 0.5) is 0 Å². The van der Waals surface area contributed by atoms with Crippen molar-refractivity contribution >= 4 is 30.6 Å². The molecule has 1 unspecified atom stereocenters. The average Bonchev–Trinajstić information content (AvgIpc) is 2.02. The third-order valence-corrected chi connectivity index (χ3v) is 1.42. The number of hydrogen-bond donors (Lipinski definition) is 4. The second-order valence-electron chi connectivity index (χ2n) is 2.52. The lowest BCUT2D eigenvalue weighted by Crippen LogP contribution is -2.41. The monoisotopic (exact) mass is 221 g/mol. The van der Waals surface area contributed by atoms with Crippen molar-refractivity contribution in [1.29, 1.82) is 5.41 Å². The first-order valence-corrected chi connectivity index (χ1v) is 3.98. The van der Waals surface area contributed by atoms with Gasteiger partial charge in [-0.3, -0.25) is 10.7 Å². The van der Waals surface area contributed by atoms with Gasteiger partial charge in [0, 0.05) is 6.42 Å². The third kappa shape index (κ3) is 7.35. The summed E-state index contributed by atoms with van der Waals surface area (Å²) in [6, 6.07) is -0.135. The van der Waals surface area contributed by atoms with E-state index in [1.807, 2.05) is 6.92 Å². The van der Waals surface area contributed by atoms with Gasteiger partial charge in [-0.25, -0.2) is 4.99 Å². The zero-order chi connectivity index (χ0) is 10.3. The fraction of sp³-hybridized carbons (Fsp3) is 0.571. The van der Waals surface area contributed by atoms with Crippen molar-refractivity contribution in [2.24, 2.45) is 16.5 Å². The van der Waals surface area contributed by atoms with E-state index in [9.17, 15) is 4.79 Å². The second-order valence-corrected chi connectivity index (χ2v) is 2.52. The van der Waals surface area contributed by atoms with Crippen LogP contribution in [0.3, 0.4) is 0 Å².